The van der Waals surface area contributed by atoms with E-state index < -0.39 is 11.7 Å². The molecule has 0 aliphatic rings. The lowest BCUT2D eigenvalue weighted by atomic mass is 10.2. The third-order valence-electron chi connectivity index (χ3n) is 2.36. The predicted octanol–water partition coefficient (Wildman–Crippen LogP) is 3.68. The first-order valence-electron chi connectivity index (χ1n) is 5.75. The summed E-state index contributed by atoms with van der Waals surface area (Å²) in [6.07, 6.45) is -3.65. The summed E-state index contributed by atoms with van der Waals surface area (Å²) >= 11 is 10.8. The zero-order valence-corrected chi connectivity index (χ0v) is 12.3. The van der Waals surface area contributed by atoms with E-state index in [2.05, 4.69) is 10.6 Å². The van der Waals surface area contributed by atoms with Crippen LogP contribution in [0.25, 0.3) is 0 Å². The molecule has 1 aromatic rings. The van der Waals surface area contributed by atoms with Crippen LogP contribution in [-0.4, -0.2) is 25.4 Å². The van der Waals surface area contributed by atoms with Crippen LogP contribution < -0.4 is 10.6 Å². The molecule has 0 unspecified atom stereocenters. The Bertz CT molecular complexity index is 469. The van der Waals surface area contributed by atoms with Crippen LogP contribution in [0.2, 0.25) is 5.02 Å². The van der Waals surface area contributed by atoms with Crippen molar-refractivity contribution < 1.29 is 17.9 Å². The van der Waals surface area contributed by atoms with Gasteiger partial charge in [-0.1, -0.05) is 11.6 Å². The van der Waals surface area contributed by atoms with Gasteiger partial charge in [0.1, 0.15) is 0 Å². The summed E-state index contributed by atoms with van der Waals surface area (Å²) in [7, 11) is 1.60. The highest BCUT2D eigenvalue weighted by atomic mass is 35.5. The minimum absolute atomic E-state index is 0.0409. The molecular weight excluding hydrogens is 313 g/mol. The lowest BCUT2D eigenvalue weighted by molar-refractivity contribution is -0.137. The molecule has 1 aromatic carbocycles. The summed E-state index contributed by atoms with van der Waals surface area (Å²) < 4.78 is 42.3. The largest absolute Gasteiger partial charge is 0.416 e. The van der Waals surface area contributed by atoms with Crippen molar-refractivity contribution in [1.29, 1.82) is 0 Å². The number of alkyl halides is 3. The fraction of sp³-hybridized carbons (Fsp3) is 0.417. The second-order valence-corrected chi connectivity index (χ2v) is 4.74. The maximum Gasteiger partial charge on any atom is 0.416 e. The smallest absolute Gasteiger partial charge is 0.385 e. The summed E-state index contributed by atoms with van der Waals surface area (Å²) in [5.41, 5.74) is -0.476. The SMILES string of the molecule is COCCCNC(=S)Nc1ccc(C(F)(F)F)cc1Cl. The average molecular weight is 327 g/mol. The molecule has 112 valence electrons. The Balaban J connectivity index is 2.58. The topological polar surface area (TPSA) is 33.3 Å². The van der Waals surface area contributed by atoms with Crippen molar-refractivity contribution in [3.8, 4) is 0 Å². The third kappa shape index (κ3) is 5.52. The number of ether oxygens (including phenoxy) is 1. The van der Waals surface area contributed by atoms with Crippen LogP contribution >= 0.6 is 23.8 Å². The first-order valence-corrected chi connectivity index (χ1v) is 6.53. The van der Waals surface area contributed by atoms with Crippen molar-refractivity contribution in [2.24, 2.45) is 0 Å². The van der Waals surface area contributed by atoms with Gasteiger partial charge >= 0.3 is 6.18 Å². The first-order chi connectivity index (χ1) is 9.34. The molecule has 0 aromatic heterocycles. The summed E-state index contributed by atoms with van der Waals surface area (Å²) in [6.45, 7) is 1.19. The molecule has 2 N–H and O–H groups in total. The van der Waals surface area contributed by atoms with Gasteiger partial charge in [0.15, 0.2) is 5.11 Å². The quantitative estimate of drug-likeness (QED) is 0.639. The Hall–Kier alpha value is -1.05. The molecule has 3 nitrogen and oxygen atoms in total. The third-order valence-corrected chi connectivity index (χ3v) is 2.91. The molecule has 0 heterocycles. The number of rotatable bonds is 5. The molecule has 0 spiro atoms. The molecule has 0 radical (unpaired) electrons. The molecule has 1 rings (SSSR count). The summed E-state index contributed by atoms with van der Waals surface area (Å²) in [5.74, 6) is 0. The lowest BCUT2D eigenvalue weighted by Gasteiger charge is -2.13. The van der Waals surface area contributed by atoms with E-state index in [0.717, 1.165) is 18.6 Å². The molecule has 0 aliphatic heterocycles. The van der Waals surface area contributed by atoms with E-state index >= 15 is 0 Å². The fourth-order valence-electron chi connectivity index (χ4n) is 1.38. The molecule has 0 amide bonds. The molecule has 0 fully saturated rings. The number of hydrogen-bond acceptors (Lipinski definition) is 2. The number of hydrogen-bond donors (Lipinski definition) is 2. The van der Waals surface area contributed by atoms with Crippen molar-refractivity contribution >= 4 is 34.6 Å². The molecular formula is C12H14ClF3N2OS. The molecule has 8 heteroatoms. The van der Waals surface area contributed by atoms with Gasteiger partial charge in [0, 0.05) is 20.3 Å². The van der Waals surface area contributed by atoms with Crippen molar-refractivity contribution in [2.45, 2.75) is 12.6 Å². The van der Waals surface area contributed by atoms with Gasteiger partial charge in [0.2, 0.25) is 0 Å². The van der Waals surface area contributed by atoms with Gasteiger partial charge < -0.3 is 15.4 Å². The Morgan fingerprint density at radius 2 is 2.10 bits per heavy atom. The van der Waals surface area contributed by atoms with Crippen molar-refractivity contribution in [3.63, 3.8) is 0 Å². The second kappa shape index (κ2) is 7.66. The minimum Gasteiger partial charge on any atom is -0.385 e. The number of anilines is 1. The zero-order valence-electron chi connectivity index (χ0n) is 10.7. The van der Waals surface area contributed by atoms with E-state index in [1.165, 1.54) is 6.07 Å². The molecule has 0 aliphatic carbocycles. The van der Waals surface area contributed by atoms with Crippen LogP contribution in [0.3, 0.4) is 0 Å². The Morgan fingerprint density at radius 1 is 1.40 bits per heavy atom. The van der Waals surface area contributed by atoms with Gasteiger partial charge in [0.05, 0.1) is 16.3 Å². The van der Waals surface area contributed by atoms with Gasteiger partial charge in [0.25, 0.3) is 0 Å². The Morgan fingerprint density at radius 3 is 2.65 bits per heavy atom. The molecule has 0 bridgehead atoms. The van der Waals surface area contributed by atoms with E-state index in [-0.39, 0.29) is 5.02 Å². The Labute approximate surface area is 125 Å². The normalized spacial score (nSPS) is 11.2. The summed E-state index contributed by atoms with van der Waals surface area (Å²) in [5, 5.41) is 5.90. The molecule has 0 saturated heterocycles. The number of nitrogens with one attached hydrogen (secondary N) is 2. The number of thiocarbonyl (C=S) groups is 1. The van der Waals surface area contributed by atoms with Crippen LogP contribution in [0.15, 0.2) is 18.2 Å². The predicted molar refractivity (Wildman–Crippen MR) is 77.2 cm³/mol. The van der Waals surface area contributed by atoms with Crippen molar-refractivity contribution in [1.82, 2.24) is 5.32 Å². The van der Waals surface area contributed by atoms with Gasteiger partial charge in [-0.3, -0.25) is 0 Å². The standard InChI is InChI=1S/C12H14ClF3N2OS/c1-19-6-2-5-17-11(20)18-10-4-3-8(7-9(10)13)12(14,15)16/h3-4,7H,2,5-6H2,1H3,(H2,17,18,20). The minimum atomic E-state index is -4.42. The van der Waals surface area contributed by atoms with E-state index in [9.17, 15) is 13.2 Å². The van der Waals surface area contributed by atoms with Crippen LogP contribution in [0, 0.1) is 0 Å². The molecule has 0 atom stereocenters. The van der Waals surface area contributed by atoms with Crippen LogP contribution in [-0.2, 0) is 10.9 Å². The van der Waals surface area contributed by atoms with E-state index in [1.54, 1.807) is 7.11 Å². The molecule has 0 saturated carbocycles. The van der Waals surface area contributed by atoms with Crippen LogP contribution in [0.1, 0.15) is 12.0 Å². The van der Waals surface area contributed by atoms with Crippen molar-refractivity contribution in [3.05, 3.63) is 28.8 Å². The van der Waals surface area contributed by atoms with E-state index in [0.29, 0.717) is 24.0 Å². The Kier molecular flexibility index (Phi) is 6.51. The number of benzene rings is 1. The van der Waals surface area contributed by atoms with E-state index in [4.69, 9.17) is 28.6 Å². The highest BCUT2D eigenvalue weighted by Crippen LogP contribution is 2.33. The zero-order chi connectivity index (χ0) is 15.2. The number of methoxy groups -OCH3 is 1. The lowest BCUT2D eigenvalue weighted by Crippen LogP contribution is -2.29. The fourth-order valence-corrected chi connectivity index (χ4v) is 1.82. The average Bonchev–Trinajstić information content (AvgIpc) is 2.36. The highest BCUT2D eigenvalue weighted by molar-refractivity contribution is 7.80. The van der Waals surface area contributed by atoms with Crippen molar-refractivity contribution in [2.75, 3.05) is 25.6 Å². The van der Waals surface area contributed by atoms with Crippen LogP contribution in [0.4, 0.5) is 18.9 Å². The maximum atomic E-state index is 12.5. The van der Waals surface area contributed by atoms with E-state index in [1.807, 2.05) is 0 Å². The monoisotopic (exact) mass is 326 g/mol. The second-order valence-electron chi connectivity index (χ2n) is 3.92. The first kappa shape index (κ1) is 17.0. The van der Waals surface area contributed by atoms with Gasteiger partial charge in [-0.25, -0.2) is 0 Å². The number of halogens is 4. The maximum absolute atomic E-state index is 12.5. The summed E-state index contributed by atoms with van der Waals surface area (Å²) in [6, 6.07) is 3.05. The van der Waals surface area contributed by atoms with Crippen LogP contribution in [0.5, 0.6) is 0 Å². The highest BCUT2D eigenvalue weighted by Gasteiger charge is 2.30. The van der Waals surface area contributed by atoms with Gasteiger partial charge in [-0.15, -0.1) is 0 Å². The summed E-state index contributed by atoms with van der Waals surface area (Å²) in [4.78, 5) is 0. The van der Waals surface area contributed by atoms with Gasteiger partial charge in [-0.05, 0) is 36.8 Å². The van der Waals surface area contributed by atoms with Gasteiger partial charge in [-0.2, -0.15) is 13.2 Å². The molecule has 20 heavy (non-hydrogen) atoms.